The van der Waals surface area contributed by atoms with Crippen LogP contribution in [0.4, 0.5) is 0 Å². The zero-order chi connectivity index (χ0) is 41.2. The predicted molar refractivity (Wildman–Crippen MR) is 228 cm³/mol. The van der Waals surface area contributed by atoms with Crippen LogP contribution in [0.1, 0.15) is 100 Å². The fourth-order valence-electron chi connectivity index (χ4n) is 9.95. The topological polar surface area (TPSA) is 139 Å². The Morgan fingerprint density at radius 1 is 0.864 bits per heavy atom. The number of esters is 1. The average Bonchev–Trinajstić information content (AvgIpc) is 4.13. The molecule has 11 nitrogen and oxygen atoms in total. The molecule has 1 saturated heterocycles. The number of aliphatic imine (C=N–C) groups is 1. The summed E-state index contributed by atoms with van der Waals surface area (Å²) in [4.78, 5) is 59.1. The van der Waals surface area contributed by atoms with Gasteiger partial charge >= 0.3 is 5.97 Å². The smallest absolute Gasteiger partial charge is 0.306 e. The monoisotopic (exact) mass is 796 g/mol. The van der Waals surface area contributed by atoms with Crippen molar-refractivity contribution < 1.29 is 23.9 Å². The Labute approximate surface area is 347 Å². The number of methoxy groups -OCH3 is 2. The van der Waals surface area contributed by atoms with Crippen molar-refractivity contribution >= 4 is 29.1 Å². The molecule has 3 fully saturated rings. The molecular formula is C48H56N6O5. The van der Waals surface area contributed by atoms with Gasteiger partial charge in [-0.3, -0.25) is 24.4 Å². The Morgan fingerprint density at radius 2 is 1.58 bits per heavy atom. The van der Waals surface area contributed by atoms with E-state index in [9.17, 15) is 14.4 Å². The number of pyridine rings is 1. The molecule has 2 aromatic carbocycles. The number of imidazole rings is 1. The minimum Gasteiger partial charge on any atom is -0.469 e. The Kier molecular flexibility index (Phi) is 11.9. The molecule has 4 aromatic rings. The van der Waals surface area contributed by atoms with Gasteiger partial charge in [-0.15, -0.1) is 0 Å². The number of hydrogen-bond donors (Lipinski definition) is 2. The first kappa shape index (κ1) is 40.4. The molecule has 59 heavy (non-hydrogen) atoms. The SMILES string of the molecule is COC(=O)C[C@H](C(=O)N1CCC[C@H]1c1ncc(-c2ccc(-c3ccc(C4=CN=C(C5C6CCC(C6)[C@@H]5C(=O)NCc5ccc(C(C)C)nc5)C4)cc3)cc2)[nH]1)[C@@H](C)OC. The van der Waals surface area contributed by atoms with Crippen molar-refractivity contribution in [3.05, 3.63) is 102 Å². The third-order valence-corrected chi connectivity index (χ3v) is 13.4. The van der Waals surface area contributed by atoms with Crippen LogP contribution in [0.15, 0.2) is 84.2 Å². The second-order valence-electron chi connectivity index (χ2n) is 17.2. The lowest BCUT2D eigenvalue weighted by Crippen LogP contribution is -2.41. The number of aromatic amines is 1. The van der Waals surface area contributed by atoms with Gasteiger partial charge in [0.1, 0.15) is 5.82 Å². The van der Waals surface area contributed by atoms with E-state index >= 15 is 0 Å². The summed E-state index contributed by atoms with van der Waals surface area (Å²) in [5.41, 5.74) is 9.72. The lowest BCUT2D eigenvalue weighted by molar-refractivity contribution is -0.151. The lowest BCUT2D eigenvalue weighted by atomic mass is 9.75. The molecular weight excluding hydrogens is 741 g/mol. The number of rotatable bonds is 14. The standard InChI is InChI=1S/C48H56N6O5/c1-28(2)39-19-8-30(24-49-39)25-52-47(56)45-36-18-17-35(21-36)44(45)40-22-37(26-50-40)33-11-9-31(10-12-33)32-13-15-34(16-14-32)41-27-51-46(53-41)42-7-6-20-54(42)48(57)38(29(3)58-4)23-43(55)59-5/h8-16,19,24,26-29,35-36,38,42,44-45H,6-7,17-18,20-23,25H2,1-5H3,(H,51,53)(H,52,56)/t29-,35?,36?,38+,42+,44?,45+/m1/s1. The minimum absolute atomic E-state index is 0.0227. The number of carbonyl (C=O) groups is 3. The molecule has 0 spiro atoms. The van der Waals surface area contributed by atoms with Crippen molar-refractivity contribution in [1.82, 2.24) is 25.2 Å². The van der Waals surface area contributed by atoms with Crippen LogP contribution in [0.2, 0.25) is 0 Å². The molecule has 11 heteroatoms. The number of aromatic nitrogens is 3. The highest BCUT2D eigenvalue weighted by atomic mass is 16.5. The number of carbonyl (C=O) groups excluding carboxylic acids is 3. The average molecular weight is 797 g/mol. The van der Waals surface area contributed by atoms with Crippen LogP contribution in [0.25, 0.3) is 28.0 Å². The maximum atomic E-state index is 13.7. The van der Waals surface area contributed by atoms with Gasteiger partial charge in [-0.05, 0) is 96.2 Å². The highest BCUT2D eigenvalue weighted by Gasteiger charge is 2.52. The van der Waals surface area contributed by atoms with E-state index < -0.39 is 18.0 Å². The second kappa shape index (κ2) is 17.4. The number of hydrogen-bond acceptors (Lipinski definition) is 8. The van der Waals surface area contributed by atoms with E-state index in [1.165, 1.54) is 19.1 Å². The van der Waals surface area contributed by atoms with Gasteiger partial charge in [0.15, 0.2) is 0 Å². The molecule has 3 unspecified atom stereocenters. The van der Waals surface area contributed by atoms with Gasteiger partial charge in [-0.25, -0.2) is 4.98 Å². The van der Waals surface area contributed by atoms with Gasteiger partial charge in [-0.1, -0.05) is 68.4 Å². The van der Waals surface area contributed by atoms with Crippen molar-refractivity contribution in [2.45, 2.75) is 90.3 Å². The Morgan fingerprint density at radius 3 is 2.25 bits per heavy atom. The zero-order valence-electron chi connectivity index (χ0n) is 34.8. The van der Waals surface area contributed by atoms with Gasteiger partial charge in [0.25, 0.3) is 0 Å². The first-order valence-electron chi connectivity index (χ1n) is 21.3. The Hall–Kier alpha value is -5.42. The molecule has 2 amide bonds. The summed E-state index contributed by atoms with van der Waals surface area (Å²) in [5, 5.41) is 3.25. The molecule has 4 aliphatic rings. The van der Waals surface area contributed by atoms with E-state index in [1.807, 2.05) is 30.4 Å². The van der Waals surface area contributed by atoms with Crippen LogP contribution in [-0.2, 0) is 30.4 Å². The Bertz CT molecular complexity index is 2210. The number of H-pyrrole nitrogens is 1. The molecule has 2 saturated carbocycles. The summed E-state index contributed by atoms with van der Waals surface area (Å²) in [5.74, 6) is 1.21. The number of fused-ring (bicyclic) bond motifs is 2. The molecule has 0 radical (unpaired) electrons. The minimum atomic E-state index is -0.632. The van der Waals surface area contributed by atoms with Crippen molar-refractivity contribution in [1.29, 1.82) is 0 Å². The highest BCUT2D eigenvalue weighted by Crippen LogP contribution is 2.54. The number of ether oxygens (including phenoxy) is 2. The van der Waals surface area contributed by atoms with E-state index in [0.717, 1.165) is 82.8 Å². The van der Waals surface area contributed by atoms with Gasteiger partial charge < -0.3 is 24.7 Å². The van der Waals surface area contributed by atoms with Crippen LogP contribution in [0.5, 0.6) is 0 Å². The van der Waals surface area contributed by atoms with Crippen LogP contribution >= 0.6 is 0 Å². The maximum Gasteiger partial charge on any atom is 0.306 e. The van der Waals surface area contributed by atoms with Gasteiger partial charge in [0.05, 0.1) is 43.5 Å². The molecule has 4 heterocycles. The van der Waals surface area contributed by atoms with Gasteiger partial charge in [0, 0.05) is 62.3 Å². The summed E-state index contributed by atoms with van der Waals surface area (Å²) in [6, 6.07) is 21.0. The third-order valence-electron chi connectivity index (χ3n) is 13.4. The van der Waals surface area contributed by atoms with Crippen LogP contribution in [0, 0.1) is 29.6 Å². The molecule has 2 N–H and O–H groups in total. The lowest BCUT2D eigenvalue weighted by Gasteiger charge is -2.30. The first-order chi connectivity index (χ1) is 28.6. The second-order valence-corrected chi connectivity index (χ2v) is 17.2. The van der Waals surface area contributed by atoms with E-state index in [-0.39, 0.29) is 36.1 Å². The zero-order valence-corrected chi connectivity index (χ0v) is 34.8. The first-order valence-corrected chi connectivity index (χ1v) is 21.3. The fraction of sp³-hybridized carbons (Fsp3) is 0.458. The molecule has 2 bridgehead atoms. The molecule has 308 valence electrons. The summed E-state index contributed by atoms with van der Waals surface area (Å²) in [6.07, 6.45) is 11.1. The number of likely N-dealkylation sites (tertiary alicyclic amines) is 1. The largest absolute Gasteiger partial charge is 0.469 e. The van der Waals surface area contributed by atoms with Crippen LogP contribution in [0.3, 0.4) is 0 Å². The molecule has 2 aliphatic heterocycles. The van der Waals surface area contributed by atoms with Crippen molar-refractivity contribution in [3.63, 3.8) is 0 Å². The quantitative estimate of drug-likeness (QED) is 0.123. The summed E-state index contributed by atoms with van der Waals surface area (Å²) < 4.78 is 10.3. The van der Waals surface area contributed by atoms with E-state index in [1.54, 1.807) is 7.11 Å². The summed E-state index contributed by atoms with van der Waals surface area (Å²) in [7, 11) is 2.88. The van der Waals surface area contributed by atoms with Crippen molar-refractivity contribution in [3.8, 4) is 22.4 Å². The predicted octanol–water partition coefficient (Wildman–Crippen LogP) is 8.30. The highest BCUT2D eigenvalue weighted by molar-refractivity contribution is 6.02. The van der Waals surface area contributed by atoms with Gasteiger partial charge in [0.2, 0.25) is 11.8 Å². The number of nitrogens with zero attached hydrogens (tertiary/aromatic N) is 4. The number of allylic oxidation sites excluding steroid dienone is 1. The van der Waals surface area contributed by atoms with Crippen LogP contribution < -0.4 is 5.32 Å². The Balaban J connectivity index is 0.879. The summed E-state index contributed by atoms with van der Waals surface area (Å²) >= 11 is 0. The van der Waals surface area contributed by atoms with Crippen molar-refractivity contribution in [2.24, 2.45) is 34.6 Å². The molecule has 8 rings (SSSR count). The molecule has 2 aliphatic carbocycles. The normalized spacial score (nSPS) is 23.3. The fourth-order valence-corrected chi connectivity index (χ4v) is 9.95. The maximum absolute atomic E-state index is 13.7. The van der Waals surface area contributed by atoms with Gasteiger partial charge in [-0.2, -0.15) is 0 Å². The number of benzene rings is 2. The molecule has 7 atom stereocenters. The van der Waals surface area contributed by atoms with E-state index in [4.69, 9.17) is 19.5 Å². The summed E-state index contributed by atoms with van der Waals surface area (Å²) in [6.45, 7) is 7.18. The van der Waals surface area contributed by atoms with Crippen molar-refractivity contribution in [2.75, 3.05) is 20.8 Å². The van der Waals surface area contributed by atoms with E-state index in [2.05, 4.69) is 89.8 Å². The van der Waals surface area contributed by atoms with Crippen LogP contribution in [-0.4, -0.2) is 70.2 Å². The third kappa shape index (κ3) is 8.40. The number of nitrogens with one attached hydrogen (secondary N) is 2. The van der Waals surface area contributed by atoms with E-state index in [0.29, 0.717) is 30.8 Å². The molecule has 2 aromatic heterocycles. The number of amides is 2.